The van der Waals surface area contributed by atoms with E-state index in [-0.39, 0.29) is 36.6 Å². The molecular formula is C28H29F6N3O3. The van der Waals surface area contributed by atoms with Crippen molar-refractivity contribution in [1.29, 1.82) is 0 Å². The second-order valence-electron chi connectivity index (χ2n) is 10.9. The molecule has 0 bridgehead atoms. The highest BCUT2D eigenvalue weighted by Crippen LogP contribution is 2.46. The molecule has 2 N–H and O–H groups in total. The number of hydrogen-bond donors (Lipinski definition) is 2. The van der Waals surface area contributed by atoms with Gasteiger partial charge >= 0.3 is 12.4 Å². The van der Waals surface area contributed by atoms with Gasteiger partial charge in [0.05, 0.1) is 22.2 Å². The Morgan fingerprint density at radius 2 is 1.55 bits per heavy atom. The fourth-order valence-electron chi connectivity index (χ4n) is 5.60. The first-order valence-corrected chi connectivity index (χ1v) is 13.2. The lowest BCUT2D eigenvalue weighted by molar-refractivity contribution is -0.146. The lowest BCUT2D eigenvalue weighted by Gasteiger charge is -2.40. The van der Waals surface area contributed by atoms with Crippen LogP contribution in [-0.2, 0) is 35.0 Å². The molecule has 3 aliphatic rings. The standard InChI is InChI=1S/C28H29F6N3O3/c29-27(30,31)20-9-19(10-21(12-20)28(32,33)34)15-37(14-18-3-4-23-22(11-18)36-24(38)16-40-23)25(39)26(13-17-1-2-17)5-7-35-8-6-26/h3-4,9-12,17,35H,1-2,5-8,13-16H2,(H,36,38). The first-order valence-electron chi connectivity index (χ1n) is 13.2. The molecule has 0 atom stereocenters. The SMILES string of the molecule is O=C1COc2ccc(CN(Cc3cc(C(F)(F)F)cc(C(F)(F)F)c3)C(=O)C3(CC4CC4)CCNCC3)cc2N1. The molecule has 12 heteroatoms. The van der Waals surface area contributed by atoms with Crippen LogP contribution in [0.4, 0.5) is 32.0 Å². The summed E-state index contributed by atoms with van der Waals surface area (Å²) in [5, 5.41) is 5.92. The Balaban J connectivity index is 1.52. The van der Waals surface area contributed by atoms with E-state index in [0.717, 1.165) is 12.8 Å². The molecule has 40 heavy (non-hydrogen) atoms. The molecule has 5 rings (SSSR count). The summed E-state index contributed by atoms with van der Waals surface area (Å²) in [6, 6.07) is 6.32. The molecule has 2 amide bonds. The number of halogens is 6. The molecule has 1 saturated heterocycles. The summed E-state index contributed by atoms with van der Waals surface area (Å²) in [5.41, 5.74) is -2.93. The summed E-state index contributed by atoms with van der Waals surface area (Å²) in [5.74, 6) is 0.159. The second kappa shape index (κ2) is 10.6. The zero-order valence-corrected chi connectivity index (χ0v) is 21.6. The minimum atomic E-state index is -5.00. The minimum absolute atomic E-state index is 0.0700. The smallest absolute Gasteiger partial charge is 0.416 e. The number of piperidine rings is 1. The van der Waals surface area contributed by atoms with Crippen LogP contribution in [0.5, 0.6) is 5.75 Å². The largest absolute Gasteiger partial charge is 0.482 e. The van der Waals surface area contributed by atoms with E-state index in [1.54, 1.807) is 18.2 Å². The highest BCUT2D eigenvalue weighted by molar-refractivity contribution is 5.95. The average molecular weight is 570 g/mol. The van der Waals surface area contributed by atoms with Gasteiger partial charge in [-0.05, 0) is 79.7 Å². The van der Waals surface area contributed by atoms with Crippen molar-refractivity contribution in [2.24, 2.45) is 11.3 Å². The fraction of sp³-hybridized carbons (Fsp3) is 0.500. The Morgan fingerprint density at radius 3 is 2.15 bits per heavy atom. The summed E-state index contributed by atoms with van der Waals surface area (Å²) in [7, 11) is 0. The second-order valence-corrected chi connectivity index (χ2v) is 10.9. The molecule has 2 heterocycles. The molecule has 216 valence electrons. The van der Waals surface area contributed by atoms with Crippen LogP contribution in [0.2, 0.25) is 0 Å². The van der Waals surface area contributed by atoms with Crippen molar-refractivity contribution in [2.75, 3.05) is 25.0 Å². The number of hydrogen-bond acceptors (Lipinski definition) is 4. The Bertz CT molecular complexity index is 1250. The van der Waals surface area contributed by atoms with Gasteiger partial charge in [0, 0.05) is 13.1 Å². The van der Waals surface area contributed by atoms with Crippen molar-refractivity contribution in [3.8, 4) is 5.75 Å². The number of ether oxygens (including phenoxy) is 1. The Morgan fingerprint density at radius 1 is 0.925 bits per heavy atom. The van der Waals surface area contributed by atoms with Crippen molar-refractivity contribution >= 4 is 17.5 Å². The number of nitrogens with zero attached hydrogens (tertiary/aromatic N) is 1. The molecule has 0 unspecified atom stereocenters. The van der Waals surface area contributed by atoms with Gasteiger partial charge in [0.2, 0.25) is 5.91 Å². The van der Waals surface area contributed by atoms with E-state index in [0.29, 0.717) is 67.4 Å². The number of rotatable bonds is 7. The number of benzene rings is 2. The zero-order chi connectivity index (χ0) is 28.7. The predicted octanol–water partition coefficient (Wildman–Crippen LogP) is 5.75. The number of carbonyl (C=O) groups is 2. The van der Waals surface area contributed by atoms with Crippen molar-refractivity contribution in [2.45, 2.75) is 57.5 Å². The number of alkyl halides is 6. The van der Waals surface area contributed by atoms with Crippen LogP contribution in [0.15, 0.2) is 36.4 Å². The van der Waals surface area contributed by atoms with Gasteiger partial charge in [0.15, 0.2) is 6.61 Å². The van der Waals surface area contributed by atoms with Crippen molar-refractivity contribution in [3.05, 3.63) is 58.7 Å². The molecule has 0 aromatic heterocycles. The summed E-state index contributed by atoms with van der Waals surface area (Å²) in [6.07, 6.45) is -6.31. The first-order chi connectivity index (χ1) is 18.8. The third-order valence-electron chi connectivity index (χ3n) is 7.75. The molecule has 2 aromatic carbocycles. The topological polar surface area (TPSA) is 70.7 Å². The minimum Gasteiger partial charge on any atom is -0.482 e. The van der Waals surface area contributed by atoms with Gasteiger partial charge in [-0.25, -0.2) is 0 Å². The van der Waals surface area contributed by atoms with Crippen LogP contribution in [-0.4, -0.2) is 36.4 Å². The quantitative estimate of drug-likeness (QED) is 0.417. The van der Waals surface area contributed by atoms with E-state index in [4.69, 9.17) is 4.74 Å². The molecule has 1 aliphatic carbocycles. The van der Waals surface area contributed by atoms with Crippen LogP contribution in [0.25, 0.3) is 0 Å². The molecule has 6 nitrogen and oxygen atoms in total. The van der Waals surface area contributed by atoms with E-state index >= 15 is 0 Å². The normalized spacial score (nSPS) is 18.9. The summed E-state index contributed by atoms with van der Waals surface area (Å²) < 4.78 is 86.8. The molecule has 0 radical (unpaired) electrons. The molecule has 1 saturated carbocycles. The van der Waals surface area contributed by atoms with Gasteiger partial charge in [0.1, 0.15) is 5.75 Å². The maximum atomic E-state index is 14.3. The number of amides is 2. The molecule has 2 aromatic rings. The van der Waals surface area contributed by atoms with Gasteiger partial charge in [-0.3, -0.25) is 9.59 Å². The third-order valence-corrected chi connectivity index (χ3v) is 7.75. The molecule has 0 spiro atoms. The van der Waals surface area contributed by atoms with Gasteiger partial charge in [-0.1, -0.05) is 18.9 Å². The van der Waals surface area contributed by atoms with Crippen LogP contribution >= 0.6 is 0 Å². The van der Waals surface area contributed by atoms with E-state index in [1.165, 1.54) is 4.90 Å². The maximum Gasteiger partial charge on any atom is 0.416 e. The zero-order valence-electron chi connectivity index (χ0n) is 21.6. The van der Waals surface area contributed by atoms with E-state index in [9.17, 15) is 35.9 Å². The number of nitrogens with one attached hydrogen (secondary N) is 2. The molecular weight excluding hydrogens is 540 g/mol. The van der Waals surface area contributed by atoms with Crippen LogP contribution in [0.3, 0.4) is 0 Å². The van der Waals surface area contributed by atoms with Crippen molar-refractivity contribution < 1.29 is 40.7 Å². The first kappa shape index (κ1) is 28.3. The number of carbonyl (C=O) groups excluding carboxylic acids is 2. The highest BCUT2D eigenvalue weighted by Gasteiger charge is 2.46. The molecule has 2 aliphatic heterocycles. The average Bonchev–Trinajstić information content (AvgIpc) is 3.71. The molecule has 2 fully saturated rings. The Labute approximate surface area is 227 Å². The van der Waals surface area contributed by atoms with E-state index < -0.39 is 35.4 Å². The van der Waals surface area contributed by atoms with Crippen molar-refractivity contribution in [3.63, 3.8) is 0 Å². The fourth-order valence-corrected chi connectivity index (χ4v) is 5.60. The van der Waals surface area contributed by atoms with Gasteiger partial charge in [0.25, 0.3) is 5.91 Å². The van der Waals surface area contributed by atoms with E-state index in [2.05, 4.69) is 10.6 Å². The number of anilines is 1. The van der Waals surface area contributed by atoms with Crippen LogP contribution in [0, 0.1) is 11.3 Å². The van der Waals surface area contributed by atoms with Crippen LogP contribution < -0.4 is 15.4 Å². The predicted molar refractivity (Wildman–Crippen MR) is 133 cm³/mol. The summed E-state index contributed by atoms with van der Waals surface area (Å²) in [6.45, 7) is 0.531. The van der Waals surface area contributed by atoms with Crippen LogP contribution in [0.1, 0.15) is 54.4 Å². The highest BCUT2D eigenvalue weighted by atomic mass is 19.4. The van der Waals surface area contributed by atoms with Gasteiger partial charge < -0.3 is 20.3 Å². The number of fused-ring (bicyclic) bond motifs is 1. The van der Waals surface area contributed by atoms with Crippen molar-refractivity contribution in [1.82, 2.24) is 10.2 Å². The Hall–Kier alpha value is -3.28. The summed E-state index contributed by atoms with van der Waals surface area (Å²) in [4.78, 5) is 27.4. The maximum absolute atomic E-state index is 14.3. The van der Waals surface area contributed by atoms with Gasteiger partial charge in [-0.15, -0.1) is 0 Å². The van der Waals surface area contributed by atoms with Gasteiger partial charge in [-0.2, -0.15) is 26.3 Å². The summed E-state index contributed by atoms with van der Waals surface area (Å²) >= 11 is 0. The Kier molecular flexibility index (Phi) is 7.49. The monoisotopic (exact) mass is 569 g/mol. The lowest BCUT2D eigenvalue weighted by Crippen LogP contribution is -2.49. The van der Waals surface area contributed by atoms with E-state index in [1.807, 2.05) is 0 Å². The third kappa shape index (κ3) is 6.37. The lowest BCUT2D eigenvalue weighted by atomic mass is 9.73.